The Labute approximate surface area is 114 Å². The van der Waals surface area contributed by atoms with Crippen LogP contribution in [-0.4, -0.2) is 22.5 Å². The second-order valence-corrected chi connectivity index (χ2v) is 3.83. The van der Waals surface area contributed by atoms with E-state index in [1.165, 1.54) is 13.0 Å². The van der Waals surface area contributed by atoms with Gasteiger partial charge in [-0.05, 0) is 13.8 Å². The number of aryl methyl sites for hydroxylation is 1. The zero-order valence-electron chi connectivity index (χ0n) is 10.4. The molecule has 0 amide bonds. The molecular formula is C12H11ClN2O4. The van der Waals surface area contributed by atoms with E-state index in [2.05, 4.69) is 16.8 Å². The van der Waals surface area contributed by atoms with E-state index < -0.39 is 10.9 Å². The summed E-state index contributed by atoms with van der Waals surface area (Å²) in [5, 5.41) is 10.8. The molecule has 0 N–H and O–H groups in total. The summed E-state index contributed by atoms with van der Waals surface area (Å²) >= 11 is 5.83. The molecule has 0 saturated carbocycles. The van der Waals surface area contributed by atoms with Crippen LogP contribution in [0.15, 0.2) is 6.07 Å². The number of nitrogens with zero attached hydrogens (tertiary/aromatic N) is 2. The van der Waals surface area contributed by atoms with E-state index in [-0.39, 0.29) is 35.1 Å². The fraction of sp³-hybridized carbons (Fsp3) is 0.333. The average Bonchev–Trinajstić information content (AvgIpc) is 2.31. The first-order valence-corrected chi connectivity index (χ1v) is 5.79. The first-order valence-electron chi connectivity index (χ1n) is 5.41. The van der Waals surface area contributed by atoms with Crippen LogP contribution in [0.1, 0.15) is 24.6 Å². The van der Waals surface area contributed by atoms with Crippen molar-refractivity contribution in [2.24, 2.45) is 0 Å². The Kier molecular flexibility index (Phi) is 5.27. The Bertz CT molecular complexity index is 575. The number of aromatic nitrogens is 1. The number of carbonyl (C=O) groups is 1. The molecule has 100 valence electrons. The van der Waals surface area contributed by atoms with Crippen molar-refractivity contribution in [1.82, 2.24) is 4.98 Å². The van der Waals surface area contributed by atoms with E-state index in [1.54, 1.807) is 6.92 Å². The smallest absolute Gasteiger partial charge is 0.317 e. The van der Waals surface area contributed by atoms with Gasteiger partial charge in [0.15, 0.2) is 0 Å². The van der Waals surface area contributed by atoms with Gasteiger partial charge in [0.2, 0.25) is 0 Å². The molecule has 1 aromatic heterocycles. The predicted octanol–water partition coefficient (Wildman–Crippen LogP) is 2.26. The van der Waals surface area contributed by atoms with Crippen LogP contribution in [0.3, 0.4) is 0 Å². The largest absolute Gasteiger partial charge is 0.465 e. The van der Waals surface area contributed by atoms with Crippen molar-refractivity contribution < 1.29 is 14.5 Å². The van der Waals surface area contributed by atoms with Crippen molar-refractivity contribution in [2.75, 3.05) is 6.61 Å². The number of rotatable bonds is 3. The Morgan fingerprint density at radius 2 is 2.32 bits per heavy atom. The monoisotopic (exact) mass is 282 g/mol. The number of ether oxygens (including phenoxy) is 1. The molecule has 0 spiro atoms. The lowest BCUT2D eigenvalue weighted by Crippen LogP contribution is -2.01. The first-order chi connectivity index (χ1) is 8.95. The molecular weight excluding hydrogens is 272 g/mol. The molecule has 19 heavy (non-hydrogen) atoms. The minimum Gasteiger partial charge on any atom is -0.465 e. The van der Waals surface area contributed by atoms with Crippen molar-refractivity contribution >= 4 is 23.3 Å². The predicted molar refractivity (Wildman–Crippen MR) is 68.8 cm³/mol. The fourth-order valence-electron chi connectivity index (χ4n) is 1.26. The van der Waals surface area contributed by atoms with Crippen LogP contribution >= 0.6 is 11.6 Å². The lowest BCUT2D eigenvalue weighted by Gasteiger charge is -1.99. The van der Waals surface area contributed by atoms with E-state index in [0.29, 0.717) is 0 Å². The molecule has 0 aliphatic carbocycles. The van der Waals surface area contributed by atoms with Gasteiger partial charge in [0, 0.05) is 6.07 Å². The number of nitro groups is 1. The number of hydrogen-bond acceptors (Lipinski definition) is 5. The van der Waals surface area contributed by atoms with Gasteiger partial charge in [0.05, 0.1) is 17.1 Å². The van der Waals surface area contributed by atoms with Crippen molar-refractivity contribution in [1.29, 1.82) is 0 Å². The number of halogens is 1. The van der Waals surface area contributed by atoms with E-state index in [1.807, 2.05) is 0 Å². The Hall–Kier alpha value is -2.13. The maximum atomic E-state index is 11.1. The number of esters is 1. The van der Waals surface area contributed by atoms with Gasteiger partial charge in [-0.25, -0.2) is 4.98 Å². The highest BCUT2D eigenvalue weighted by Gasteiger charge is 2.15. The van der Waals surface area contributed by atoms with E-state index >= 15 is 0 Å². The summed E-state index contributed by atoms with van der Waals surface area (Å²) in [7, 11) is 0. The van der Waals surface area contributed by atoms with Crippen LogP contribution in [0.2, 0.25) is 5.15 Å². The molecule has 0 unspecified atom stereocenters. The van der Waals surface area contributed by atoms with E-state index in [4.69, 9.17) is 16.3 Å². The summed E-state index contributed by atoms with van der Waals surface area (Å²) in [6, 6.07) is 1.24. The number of hydrogen-bond donors (Lipinski definition) is 0. The van der Waals surface area contributed by atoms with Gasteiger partial charge in [0.1, 0.15) is 17.3 Å². The maximum Gasteiger partial charge on any atom is 0.317 e. The molecule has 0 fully saturated rings. The normalized spacial score (nSPS) is 9.42. The minimum absolute atomic E-state index is 0.0689. The van der Waals surface area contributed by atoms with Gasteiger partial charge >= 0.3 is 5.97 Å². The molecule has 0 aliphatic heterocycles. The Balaban J connectivity index is 2.96. The Morgan fingerprint density at radius 3 is 2.89 bits per heavy atom. The summed E-state index contributed by atoms with van der Waals surface area (Å²) in [6.45, 7) is 3.45. The summed E-state index contributed by atoms with van der Waals surface area (Å²) in [4.78, 5) is 25.1. The third-order valence-corrected chi connectivity index (χ3v) is 2.39. The molecule has 1 aromatic rings. The van der Waals surface area contributed by atoms with Gasteiger partial charge < -0.3 is 4.74 Å². The van der Waals surface area contributed by atoms with Gasteiger partial charge in [-0.1, -0.05) is 23.4 Å². The summed E-state index contributed by atoms with van der Waals surface area (Å²) < 4.78 is 4.69. The van der Waals surface area contributed by atoms with Gasteiger partial charge in [-0.3, -0.25) is 14.9 Å². The lowest BCUT2D eigenvalue weighted by molar-refractivity contribution is -0.385. The highest BCUT2D eigenvalue weighted by Crippen LogP contribution is 2.22. The number of carbonyl (C=O) groups excluding carboxylic acids is 1. The average molecular weight is 283 g/mol. The van der Waals surface area contributed by atoms with Gasteiger partial charge in [-0.2, -0.15) is 0 Å². The first kappa shape index (κ1) is 14.9. The topological polar surface area (TPSA) is 82.3 Å². The lowest BCUT2D eigenvalue weighted by atomic mass is 10.2. The standard InChI is InChI=1S/C12H11ClN2O4/c1-3-19-11(16)6-4-5-9-7-10(15(17)18)8(2)14-12(9)13/h7H,3,6H2,1-2H3. The summed E-state index contributed by atoms with van der Waals surface area (Å²) in [5.74, 6) is 4.66. The van der Waals surface area contributed by atoms with Crippen molar-refractivity contribution in [3.05, 3.63) is 32.6 Å². The molecule has 0 saturated heterocycles. The van der Waals surface area contributed by atoms with Crippen LogP contribution in [-0.2, 0) is 9.53 Å². The third-order valence-electron chi connectivity index (χ3n) is 2.10. The second kappa shape index (κ2) is 6.71. The summed E-state index contributed by atoms with van der Waals surface area (Å²) in [5.41, 5.74) is 0.263. The molecule has 0 aliphatic rings. The van der Waals surface area contributed by atoms with Crippen LogP contribution < -0.4 is 0 Å². The second-order valence-electron chi connectivity index (χ2n) is 3.47. The molecule has 0 radical (unpaired) electrons. The molecule has 0 aromatic carbocycles. The van der Waals surface area contributed by atoms with Crippen LogP contribution in [0, 0.1) is 28.9 Å². The summed E-state index contributed by atoms with van der Waals surface area (Å²) in [6.07, 6.45) is -0.105. The van der Waals surface area contributed by atoms with Gasteiger partial charge in [-0.15, -0.1) is 0 Å². The SMILES string of the molecule is CCOC(=O)CC#Cc1cc([N+](=O)[O-])c(C)nc1Cl. The number of pyridine rings is 1. The zero-order valence-corrected chi connectivity index (χ0v) is 11.2. The van der Waals surface area contributed by atoms with Crippen molar-refractivity contribution in [3.63, 3.8) is 0 Å². The molecule has 0 bridgehead atoms. The van der Waals surface area contributed by atoms with E-state index in [0.717, 1.165) is 0 Å². The minimum atomic E-state index is -0.560. The van der Waals surface area contributed by atoms with Crippen LogP contribution in [0.25, 0.3) is 0 Å². The molecule has 6 nitrogen and oxygen atoms in total. The highest BCUT2D eigenvalue weighted by atomic mass is 35.5. The third kappa shape index (κ3) is 4.23. The van der Waals surface area contributed by atoms with Crippen LogP contribution in [0.4, 0.5) is 5.69 Å². The zero-order chi connectivity index (χ0) is 14.4. The highest BCUT2D eigenvalue weighted by molar-refractivity contribution is 6.30. The van der Waals surface area contributed by atoms with Crippen molar-refractivity contribution in [2.45, 2.75) is 20.3 Å². The molecule has 7 heteroatoms. The molecule has 1 rings (SSSR count). The van der Waals surface area contributed by atoms with E-state index in [9.17, 15) is 14.9 Å². The quantitative estimate of drug-likeness (QED) is 0.279. The fourth-order valence-corrected chi connectivity index (χ4v) is 1.49. The maximum absolute atomic E-state index is 11.1. The van der Waals surface area contributed by atoms with Crippen molar-refractivity contribution in [3.8, 4) is 11.8 Å². The van der Waals surface area contributed by atoms with Gasteiger partial charge in [0.25, 0.3) is 5.69 Å². The molecule has 0 atom stereocenters. The van der Waals surface area contributed by atoms with Crippen LogP contribution in [0.5, 0.6) is 0 Å². The Morgan fingerprint density at radius 1 is 1.63 bits per heavy atom. The molecule has 1 heterocycles.